The topological polar surface area (TPSA) is 34.4 Å². The van der Waals surface area contributed by atoms with Gasteiger partial charge in [0.05, 0.1) is 10.2 Å². The van der Waals surface area contributed by atoms with Gasteiger partial charge >= 0.3 is 0 Å². The van der Waals surface area contributed by atoms with Gasteiger partial charge in [0, 0.05) is 16.6 Å². The third-order valence-corrected chi connectivity index (χ3v) is 4.83. The Bertz CT molecular complexity index is 912. The van der Waals surface area contributed by atoms with Gasteiger partial charge in [-0.15, -0.1) is 0 Å². The Morgan fingerprint density at radius 3 is 2.68 bits per heavy atom. The van der Waals surface area contributed by atoms with Crippen LogP contribution in [0.5, 0.6) is 0 Å². The quantitative estimate of drug-likeness (QED) is 0.651. The van der Waals surface area contributed by atoms with Gasteiger partial charge in [-0.2, -0.15) is 4.99 Å². The fourth-order valence-corrected chi connectivity index (χ4v) is 3.58. The summed E-state index contributed by atoms with van der Waals surface area (Å²) in [5.41, 5.74) is 1.00. The van der Waals surface area contributed by atoms with Gasteiger partial charge < -0.3 is 4.57 Å². The lowest BCUT2D eigenvalue weighted by atomic mass is 10.2. The largest absolute Gasteiger partial charge is 0.314 e. The molecule has 0 atom stereocenters. The molecule has 0 bridgehead atoms. The van der Waals surface area contributed by atoms with Crippen LogP contribution in [0.25, 0.3) is 10.2 Å². The average molecular weight is 379 g/mol. The first-order valence-electron chi connectivity index (χ1n) is 6.72. The molecule has 22 heavy (non-hydrogen) atoms. The molecule has 3 rings (SSSR count). The Morgan fingerprint density at radius 1 is 1.27 bits per heavy atom. The second kappa shape index (κ2) is 6.14. The highest BCUT2D eigenvalue weighted by Crippen LogP contribution is 2.20. The number of halogens is 2. The van der Waals surface area contributed by atoms with E-state index in [0.717, 1.165) is 9.17 Å². The molecule has 0 N–H and O–H groups in total. The van der Waals surface area contributed by atoms with Crippen LogP contribution in [0.3, 0.4) is 0 Å². The first-order chi connectivity index (χ1) is 10.6. The van der Waals surface area contributed by atoms with Crippen LogP contribution in [0, 0.1) is 5.82 Å². The first-order valence-corrected chi connectivity index (χ1v) is 8.33. The Balaban J connectivity index is 2.15. The summed E-state index contributed by atoms with van der Waals surface area (Å²) in [5, 5.41) is 0. The third kappa shape index (κ3) is 2.76. The Kier molecular flexibility index (Phi) is 4.22. The zero-order valence-electron chi connectivity index (χ0n) is 11.7. The second-order valence-corrected chi connectivity index (χ2v) is 6.56. The molecule has 2 aromatic carbocycles. The summed E-state index contributed by atoms with van der Waals surface area (Å²) in [7, 11) is 0. The lowest BCUT2D eigenvalue weighted by Crippen LogP contribution is -2.16. The highest BCUT2D eigenvalue weighted by Gasteiger charge is 2.11. The number of carbonyl (C=O) groups excluding carboxylic acids is 1. The van der Waals surface area contributed by atoms with Gasteiger partial charge in [-0.25, -0.2) is 4.39 Å². The molecule has 1 aromatic heterocycles. The molecule has 1 amide bonds. The van der Waals surface area contributed by atoms with Gasteiger partial charge in [-0.1, -0.05) is 33.3 Å². The molecule has 0 saturated heterocycles. The summed E-state index contributed by atoms with van der Waals surface area (Å²) < 4.78 is 17.4. The Labute approximate surface area is 138 Å². The minimum Gasteiger partial charge on any atom is -0.314 e. The van der Waals surface area contributed by atoms with Gasteiger partial charge in [0.25, 0.3) is 5.91 Å². The smallest absolute Gasteiger partial charge is 0.279 e. The molecule has 3 nitrogen and oxygen atoms in total. The van der Waals surface area contributed by atoms with Gasteiger partial charge in [0.2, 0.25) is 0 Å². The SMILES string of the molecule is CCn1c(=NC(=O)c2ccc(Br)cc2)sc2cccc(F)c21. The van der Waals surface area contributed by atoms with Crippen molar-refractivity contribution in [2.45, 2.75) is 13.5 Å². The zero-order valence-corrected chi connectivity index (χ0v) is 14.1. The van der Waals surface area contributed by atoms with Crippen molar-refractivity contribution in [3.8, 4) is 0 Å². The number of hydrogen-bond acceptors (Lipinski definition) is 2. The molecule has 0 fully saturated rings. The number of hydrogen-bond donors (Lipinski definition) is 0. The number of para-hydroxylation sites is 1. The minimum absolute atomic E-state index is 0.298. The molecule has 0 aliphatic rings. The molecule has 0 radical (unpaired) electrons. The lowest BCUT2D eigenvalue weighted by molar-refractivity contribution is 0.0998. The van der Waals surface area contributed by atoms with Crippen molar-refractivity contribution in [3.05, 3.63) is 63.1 Å². The predicted molar refractivity (Wildman–Crippen MR) is 89.5 cm³/mol. The number of benzene rings is 2. The molecule has 112 valence electrons. The normalized spacial score (nSPS) is 12.0. The summed E-state index contributed by atoms with van der Waals surface area (Å²) in [6, 6.07) is 11.9. The molecular formula is C16H12BrFN2OS. The van der Waals surface area contributed by atoms with E-state index >= 15 is 0 Å². The van der Waals surface area contributed by atoms with E-state index in [4.69, 9.17) is 0 Å². The van der Waals surface area contributed by atoms with Crippen LogP contribution < -0.4 is 4.80 Å². The lowest BCUT2D eigenvalue weighted by Gasteiger charge is -2.01. The first kappa shape index (κ1) is 15.1. The predicted octanol–water partition coefficient (Wildman–Crippen LogP) is 4.37. The van der Waals surface area contributed by atoms with Crippen molar-refractivity contribution in [1.29, 1.82) is 0 Å². The highest BCUT2D eigenvalue weighted by molar-refractivity contribution is 9.10. The van der Waals surface area contributed by atoms with Crippen LogP contribution in [-0.2, 0) is 6.54 Å². The zero-order chi connectivity index (χ0) is 15.7. The maximum Gasteiger partial charge on any atom is 0.279 e. The third-order valence-electron chi connectivity index (χ3n) is 3.26. The van der Waals surface area contributed by atoms with Gasteiger partial charge in [0.15, 0.2) is 4.80 Å². The molecule has 0 aliphatic carbocycles. The molecular weight excluding hydrogens is 367 g/mol. The Hall–Kier alpha value is -1.79. The van der Waals surface area contributed by atoms with Crippen molar-refractivity contribution in [1.82, 2.24) is 4.57 Å². The van der Waals surface area contributed by atoms with E-state index in [-0.39, 0.29) is 11.7 Å². The van der Waals surface area contributed by atoms with Crippen LogP contribution in [0.15, 0.2) is 51.9 Å². The van der Waals surface area contributed by atoms with Crippen LogP contribution in [0.1, 0.15) is 17.3 Å². The van der Waals surface area contributed by atoms with E-state index in [1.165, 1.54) is 17.4 Å². The second-order valence-electron chi connectivity index (χ2n) is 4.64. The van der Waals surface area contributed by atoms with Gasteiger partial charge in [-0.3, -0.25) is 4.79 Å². The fraction of sp³-hybridized carbons (Fsp3) is 0.125. The molecule has 3 aromatic rings. The summed E-state index contributed by atoms with van der Waals surface area (Å²) >= 11 is 4.64. The maximum absolute atomic E-state index is 14.0. The van der Waals surface area contributed by atoms with E-state index in [9.17, 15) is 9.18 Å². The number of fused-ring (bicyclic) bond motifs is 1. The van der Waals surface area contributed by atoms with Crippen LogP contribution in [0.2, 0.25) is 0 Å². The number of aryl methyl sites for hydroxylation is 1. The molecule has 0 saturated carbocycles. The van der Waals surface area contributed by atoms with E-state index < -0.39 is 0 Å². The van der Waals surface area contributed by atoms with Gasteiger partial charge in [-0.05, 0) is 43.3 Å². The van der Waals surface area contributed by atoms with E-state index in [1.54, 1.807) is 34.9 Å². The fourth-order valence-electron chi connectivity index (χ4n) is 2.21. The van der Waals surface area contributed by atoms with Crippen LogP contribution >= 0.6 is 27.3 Å². The van der Waals surface area contributed by atoms with E-state index in [1.807, 2.05) is 13.0 Å². The standard InChI is InChI=1S/C16H12BrFN2OS/c1-2-20-14-12(18)4-3-5-13(14)22-16(20)19-15(21)10-6-8-11(17)9-7-10/h3-9H,2H2,1H3. The maximum atomic E-state index is 14.0. The number of thiazole rings is 1. The van der Waals surface area contributed by atoms with Crippen molar-refractivity contribution in [2.75, 3.05) is 0 Å². The number of carbonyl (C=O) groups is 1. The van der Waals surface area contributed by atoms with Gasteiger partial charge in [0.1, 0.15) is 5.82 Å². The number of rotatable bonds is 2. The van der Waals surface area contributed by atoms with E-state index in [2.05, 4.69) is 20.9 Å². The molecule has 0 unspecified atom stereocenters. The number of aromatic nitrogens is 1. The molecule has 0 aliphatic heterocycles. The molecule has 0 spiro atoms. The molecule has 1 heterocycles. The molecule has 6 heteroatoms. The average Bonchev–Trinajstić information content (AvgIpc) is 2.86. The highest BCUT2D eigenvalue weighted by atomic mass is 79.9. The van der Waals surface area contributed by atoms with Crippen molar-refractivity contribution >= 4 is 43.4 Å². The number of nitrogens with zero attached hydrogens (tertiary/aromatic N) is 2. The number of amides is 1. The summed E-state index contributed by atoms with van der Waals surface area (Å²) in [4.78, 5) is 17.0. The van der Waals surface area contributed by atoms with Crippen LogP contribution in [0.4, 0.5) is 4.39 Å². The van der Waals surface area contributed by atoms with E-state index in [0.29, 0.717) is 22.4 Å². The summed E-state index contributed by atoms with van der Waals surface area (Å²) in [6.07, 6.45) is 0. The summed E-state index contributed by atoms with van der Waals surface area (Å²) in [5.74, 6) is -0.630. The van der Waals surface area contributed by atoms with Crippen molar-refractivity contribution in [2.24, 2.45) is 4.99 Å². The van der Waals surface area contributed by atoms with Crippen LogP contribution in [-0.4, -0.2) is 10.5 Å². The summed E-state index contributed by atoms with van der Waals surface area (Å²) in [6.45, 7) is 2.45. The monoisotopic (exact) mass is 378 g/mol. The Morgan fingerprint density at radius 2 is 2.00 bits per heavy atom. The van der Waals surface area contributed by atoms with Crippen molar-refractivity contribution < 1.29 is 9.18 Å². The minimum atomic E-state index is -0.332. The van der Waals surface area contributed by atoms with Crippen molar-refractivity contribution in [3.63, 3.8) is 0 Å².